The van der Waals surface area contributed by atoms with Gasteiger partial charge in [-0.25, -0.2) is 4.68 Å². The summed E-state index contributed by atoms with van der Waals surface area (Å²) in [6, 6.07) is 12.2. The lowest BCUT2D eigenvalue weighted by atomic mass is 10.2. The van der Waals surface area contributed by atoms with E-state index >= 15 is 0 Å². The monoisotopic (exact) mass is 267 g/mol. The number of hydrogen-bond acceptors (Lipinski definition) is 3. The Hall–Kier alpha value is -2.28. The van der Waals surface area contributed by atoms with Crippen molar-refractivity contribution >= 4 is 0 Å². The molecule has 1 aromatic carbocycles. The van der Waals surface area contributed by atoms with E-state index in [0.29, 0.717) is 18.9 Å². The van der Waals surface area contributed by atoms with Gasteiger partial charge >= 0.3 is 0 Å². The van der Waals surface area contributed by atoms with E-state index in [4.69, 9.17) is 10.00 Å². The Morgan fingerprint density at radius 3 is 2.70 bits per heavy atom. The van der Waals surface area contributed by atoms with Gasteiger partial charge in [0, 0.05) is 11.6 Å². The SMILES string of the molecule is CCOc1ccc(-n2nc(CC#N)cc2C2CC2)cc1. The number of aromatic nitrogens is 2. The lowest BCUT2D eigenvalue weighted by Crippen LogP contribution is -2.01. The third kappa shape index (κ3) is 2.53. The predicted molar refractivity (Wildman–Crippen MR) is 76.0 cm³/mol. The molecule has 2 aromatic rings. The molecule has 0 N–H and O–H groups in total. The molecule has 4 heteroatoms. The van der Waals surface area contributed by atoms with Crippen LogP contribution in [-0.4, -0.2) is 16.4 Å². The smallest absolute Gasteiger partial charge is 0.119 e. The second-order valence-electron chi connectivity index (χ2n) is 5.01. The number of hydrogen-bond donors (Lipinski definition) is 0. The van der Waals surface area contributed by atoms with Crippen LogP contribution in [0.4, 0.5) is 0 Å². The Bertz CT molecular complexity index is 633. The summed E-state index contributed by atoms with van der Waals surface area (Å²) in [7, 11) is 0. The summed E-state index contributed by atoms with van der Waals surface area (Å²) in [5.41, 5.74) is 3.10. The highest BCUT2D eigenvalue weighted by Gasteiger charge is 2.28. The van der Waals surface area contributed by atoms with Gasteiger partial charge in [-0.2, -0.15) is 10.4 Å². The van der Waals surface area contributed by atoms with E-state index in [1.807, 2.05) is 35.9 Å². The van der Waals surface area contributed by atoms with Crippen LogP contribution in [0.2, 0.25) is 0 Å². The van der Waals surface area contributed by atoms with Crippen LogP contribution in [0.25, 0.3) is 5.69 Å². The first-order valence-electron chi connectivity index (χ1n) is 7.01. The minimum atomic E-state index is 0.365. The van der Waals surface area contributed by atoms with Gasteiger partial charge in [-0.15, -0.1) is 0 Å². The zero-order valence-corrected chi connectivity index (χ0v) is 11.5. The van der Waals surface area contributed by atoms with Crippen LogP contribution >= 0.6 is 0 Å². The molecule has 0 amide bonds. The Balaban J connectivity index is 1.93. The van der Waals surface area contributed by atoms with Crippen molar-refractivity contribution in [3.8, 4) is 17.5 Å². The quantitative estimate of drug-likeness (QED) is 0.835. The normalized spacial score (nSPS) is 14.0. The van der Waals surface area contributed by atoms with Crippen LogP contribution in [0.5, 0.6) is 5.75 Å². The van der Waals surface area contributed by atoms with Crippen molar-refractivity contribution in [1.82, 2.24) is 9.78 Å². The van der Waals surface area contributed by atoms with E-state index in [-0.39, 0.29) is 0 Å². The predicted octanol–water partition coefficient (Wildman–Crippen LogP) is 3.21. The minimum Gasteiger partial charge on any atom is -0.494 e. The molecular weight excluding hydrogens is 250 g/mol. The van der Waals surface area contributed by atoms with Gasteiger partial charge in [0.1, 0.15) is 5.75 Å². The molecular formula is C16H17N3O. The Morgan fingerprint density at radius 1 is 1.35 bits per heavy atom. The third-order valence-electron chi connectivity index (χ3n) is 3.44. The van der Waals surface area contributed by atoms with Crippen molar-refractivity contribution in [3.63, 3.8) is 0 Å². The van der Waals surface area contributed by atoms with Crippen molar-refractivity contribution in [3.05, 3.63) is 41.7 Å². The number of rotatable bonds is 5. The highest BCUT2D eigenvalue weighted by molar-refractivity contribution is 5.40. The van der Waals surface area contributed by atoms with Crippen LogP contribution < -0.4 is 4.74 Å². The van der Waals surface area contributed by atoms with E-state index in [2.05, 4.69) is 17.2 Å². The van der Waals surface area contributed by atoms with Crippen molar-refractivity contribution in [1.29, 1.82) is 5.26 Å². The van der Waals surface area contributed by atoms with Crippen LogP contribution in [0.1, 0.15) is 37.1 Å². The highest BCUT2D eigenvalue weighted by atomic mass is 16.5. The largest absolute Gasteiger partial charge is 0.494 e. The molecule has 1 heterocycles. The van der Waals surface area contributed by atoms with Crippen LogP contribution in [0, 0.1) is 11.3 Å². The summed E-state index contributed by atoms with van der Waals surface area (Å²) in [5, 5.41) is 13.4. The Kier molecular flexibility index (Phi) is 3.42. The summed E-state index contributed by atoms with van der Waals surface area (Å²) in [6.07, 6.45) is 2.80. The van der Waals surface area contributed by atoms with E-state index in [0.717, 1.165) is 17.1 Å². The molecule has 0 saturated heterocycles. The van der Waals surface area contributed by atoms with Crippen LogP contribution in [-0.2, 0) is 6.42 Å². The van der Waals surface area contributed by atoms with E-state index in [1.54, 1.807) is 0 Å². The first kappa shape index (κ1) is 12.7. The van der Waals surface area contributed by atoms with Crippen molar-refractivity contribution < 1.29 is 4.74 Å². The molecule has 1 fully saturated rings. The maximum atomic E-state index is 8.82. The molecule has 1 aromatic heterocycles. The van der Waals surface area contributed by atoms with Gasteiger partial charge in [-0.3, -0.25) is 0 Å². The summed E-state index contributed by atoms with van der Waals surface area (Å²) >= 11 is 0. The van der Waals surface area contributed by atoms with Crippen LogP contribution in [0.3, 0.4) is 0 Å². The van der Waals surface area contributed by atoms with Crippen LogP contribution in [0.15, 0.2) is 30.3 Å². The Labute approximate surface area is 118 Å². The number of ether oxygens (including phenoxy) is 1. The molecule has 3 rings (SSSR count). The molecule has 0 aliphatic heterocycles. The first-order chi connectivity index (χ1) is 9.81. The average Bonchev–Trinajstić information content (AvgIpc) is 3.22. The van der Waals surface area contributed by atoms with Gasteiger partial charge in [-0.05, 0) is 50.1 Å². The van der Waals surface area contributed by atoms with Gasteiger partial charge in [-0.1, -0.05) is 0 Å². The van der Waals surface area contributed by atoms with Crippen molar-refractivity contribution in [2.24, 2.45) is 0 Å². The molecule has 0 unspecified atom stereocenters. The fourth-order valence-corrected chi connectivity index (χ4v) is 2.34. The Morgan fingerprint density at radius 2 is 2.10 bits per heavy atom. The van der Waals surface area contributed by atoms with E-state index in [9.17, 15) is 0 Å². The fourth-order valence-electron chi connectivity index (χ4n) is 2.34. The van der Waals surface area contributed by atoms with Crippen molar-refractivity contribution in [2.45, 2.75) is 32.1 Å². The molecule has 0 spiro atoms. The number of benzene rings is 1. The molecule has 0 bridgehead atoms. The lowest BCUT2D eigenvalue weighted by Gasteiger charge is -2.08. The molecule has 1 aliphatic carbocycles. The van der Waals surface area contributed by atoms with E-state index < -0.39 is 0 Å². The summed E-state index contributed by atoms with van der Waals surface area (Å²) in [6.45, 7) is 2.64. The number of nitriles is 1. The summed E-state index contributed by atoms with van der Waals surface area (Å²) in [5.74, 6) is 1.47. The zero-order chi connectivity index (χ0) is 13.9. The minimum absolute atomic E-state index is 0.365. The number of nitrogens with zero attached hydrogens (tertiary/aromatic N) is 3. The molecule has 1 saturated carbocycles. The second kappa shape index (κ2) is 5.38. The van der Waals surface area contributed by atoms with Crippen molar-refractivity contribution in [2.75, 3.05) is 6.61 Å². The average molecular weight is 267 g/mol. The molecule has 102 valence electrons. The maximum Gasteiger partial charge on any atom is 0.119 e. The topological polar surface area (TPSA) is 50.8 Å². The molecule has 20 heavy (non-hydrogen) atoms. The molecule has 0 atom stereocenters. The third-order valence-corrected chi connectivity index (χ3v) is 3.44. The van der Waals surface area contributed by atoms with Gasteiger partial charge in [0.2, 0.25) is 0 Å². The first-order valence-corrected chi connectivity index (χ1v) is 7.01. The zero-order valence-electron chi connectivity index (χ0n) is 11.5. The summed E-state index contributed by atoms with van der Waals surface area (Å²) in [4.78, 5) is 0. The summed E-state index contributed by atoms with van der Waals surface area (Å²) < 4.78 is 7.43. The van der Waals surface area contributed by atoms with Gasteiger partial charge in [0.05, 0.1) is 30.5 Å². The fraction of sp³-hybridized carbons (Fsp3) is 0.375. The maximum absolute atomic E-state index is 8.82. The van der Waals surface area contributed by atoms with E-state index in [1.165, 1.54) is 18.5 Å². The van der Waals surface area contributed by atoms with Gasteiger partial charge < -0.3 is 4.74 Å². The van der Waals surface area contributed by atoms with Gasteiger partial charge in [0.25, 0.3) is 0 Å². The molecule has 1 aliphatic rings. The highest BCUT2D eigenvalue weighted by Crippen LogP contribution is 2.41. The van der Waals surface area contributed by atoms with Gasteiger partial charge in [0.15, 0.2) is 0 Å². The molecule has 4 nitrogen and oxygen atoms in total. The molecule has 0 radical (unpaired) electrons. The lowest BCUT2D eigenvalue weighted by molar-refractivity contribution is 0.340. The second-order valence-corrected chi connectivity index (χ2v) is 5.01. The standard InChI is InChI=1S/C16H17N3O/c1-2-20-15-7-5-14(6-8-15)19-16(12-3-4-12)11-13(18-19)9-10-17/h5-8,11-12H,2-4,9H2,1H3.